The first-order valence-electron chi connectivity index (χ1n) is 6.46. The zero-order valence-corrected chi connectivity index (χ0v) is 10.0. The van der Waals surface area contributed by atoms with Crippen LogP contribution in [0.3, 0.4) is 0 Å². The van der Waals surface area contributed by atoms with Crippen molar-refractivity contribution in [1.82, 2.24) is 0 Å². The van der Waals surface area contributed by atoms with Crippen molar-refractivity contribution in [2.75, 3.05) is 0 Å². The fourth-order valence-corrected chi connectivity index (χ4v) is 3.04. The van der Waals surface area contributed by atoms with E-state index in [0.717, 1.165) is 12.2 Å². The van der Waals surface area contributed by atoms with Gasteiger partial charge in [-0.25, -0.2) is 0 Å². The molecule has 0 heterocycles. The van der Waals surface area contributed by atoms with Crippen LogP contribution in [0.15, 0.2) is 0 Å². The maximum atomic E-state index is 5.72. The average molecular weight is 192 g/mol. The summed E-state index contributed by atoms with van der Waals surface area (Å²) in [6.45, 7) is 4.61. The Hall–Kier alpha value is 0.0649. The van der Waals surface area contributed by atoms with Crippen LogP contribution in [0.1, 0.15) is 65.2 Å². The quantitative estimate of drug-likeness (QED) is 0.415. The summed E-state index contributed by atoms with van der Waals surface area (Å²) in [6, 6.07) is 0. The lowest BCUT2D eigenvalue weighted by atomic mass is 9.56. The first-order valence-corrected chi connectivity index (χ1v) is 6.46. The molecule has 0 bridgehead atoms. The maximum Gasteiger partial charge on any atom is 0.0653 e. The van der Waals surface area contributed by atoms with Crippen LogP contribution >= 0.6 is 0 Å². The smallest absolute Gasteiger partial charge is 0.0653 e. The molecule has 0 spiro atoms. The SMILES string of the molecule is [B]CCC1(CCCCC)CC(CC)C1. The number of rotatable bonds is 7. The molecule has 0 saturated heterocycles. The fraction of sp³-hybridized carbons (Fsp3) is 1.00. The molecule has 1 rings (SSSR count). The van der Waals surface area contributed by atoms with Gasteiger partial charge in [-0.3, -0.25) is 0 Å². The Morgan fingerprint density at radius 1 is 1.14 bits per heavy atom. The lowest BCUT2D eigenvalue weighted by molar-refractivity contribution is 0.0358. The summed E-state index contributed by atoms with van der Waals surface area (Å²) in [5, 5.41) is 0. The monoisotopic (exact) mass is 192 g/mol. The van der Waals surface area contributed by atoms with Crippen LogP contribution in [0.4, 0.5) is 0 Å². The molecule has 0 nitrogen and oxygen atoms in total. The van der Waals surface area contributed by atoms with E-state index in [0.29, 0.717) is 5.41 Å². The highest BCUT2D eigenvalue weighted by Crippen LogP contribution is 2.53. The van der Waals surface area contributed by atoms with E-state index in [1.807, 2.05) is 0 Å². The largest absolute Gasteiger partial charge is 0.0882 e. The van der Waals surface area contributed by atoms with E-state index in [1.165, 1.54) is 51.4 Å². The van der Waals surface area contributed by atoms with Crippen LogP contribution in [0, 0.1) is 11.3 Å². The summed E-state index contributed by atoms with van der Waals surface area (Å²) in [5.41, 5.74) is 0.671. The Balaban J connectivity index is 2.26. The molecule has 0 atom stereocenters. The van der Waals surface area contributed by atoms with Crippen molar-refractivity contribution in [3.8, 4) is 0 Å². The normalized spacial score (nSPS) is 31.4. The predicted octanol–water partition coefficient (Wildman–Crippen LogP) is 4.35. The summed E-state index contributed by atoms with van der Waals surface area (Å²) in [6.07, 6.45) is 12.1. The second-order valence-electron chi connectivity index (χ2n) is 5.18. The molecule has 80 valence electrons. The first-order chi connectivity index (χ1) is 6.76. The second-order valence-corrected chi connectivity index (χ2v) is 5.18. The molecule has 0 N–H and O–H groups in total. The van der Waals surface area contributed by atoms with Gasteiger partial charge in [-0.1, -0.05) is 52.3 Å². The molecule has 0 unspecified atom stereocenters. The summed E-state index contributed by atoms with van der Waals surface area (Å²) in [7, 11) is 5.72. The standard InChI is InChI=1S/C13H25B/c1-3-5-6-7-13(8-9-14)10-12(4-2)11-13/h12H,3-11H2,1-2H3. The molecule has 1 heteroatoms. The molecular formula is C13H25B. The first kappa shape index (κ1) is 12.1. The van der Waals surface area contributed by atoms with Crippen LogP contribution in [0.2, 0.25) is 6.32 Å². The van der Waals surface area contributed by atoms with Gasteiger partial charge in [0, 0.05) is 0 Å². The van der Waals surface area contributed by atoms with Gasteiger partial charge in [-0.15, -0.1) is 0 Å². The third-order valence-electron chi connectivity index (χ3n) is 4.01. The molecular weight excluding hydrogens is 167 g/mol. The van der Waals surface area contributed by atoms with Crippen molar-refractivity contribution in [2.45, 2.75) is 71.5 Å². The van der Waals surface area contributed by atoms with Gasteiger partial charge < -0.3 is 0 Å². The van der Waals surface area contributed by atoms with Crippen LogP contribution in [0.5, 0.6) is 0 Å². The Morgan fingerprint density at radius 3 is 2.36 bits per heavy atom. The van der Waals surface area contributed by atoms with Gasteiger partial charge in [-0.05, 0) is 30.6 Å². The Labute approximate surface area is 91.3 Å². The van der Waals surface area contributed by atoms with E-state index in [1.54, 1.807) is 0 Å². The van der Waals surface area contributed by atoms with E-state index in [-0.39, 0.29) is 0 Å². The summed E-state index contributed by atoms with van der Waals surface area (Å²) in [5.74, 6) is 1.02. The predicted molar refractivity (Wildman–Crippen MR) is 64.8 cm³/mol. The molecule has 0 aromatic carbocycles. The average Bonchev–Trinajstić information content (AvgIpc) is 2.13. The summed E-state index contributed by atoms with van der Waals surface area (Å²) in [4.78, 5) is 0. The van der Waals surface area contributed by atoms with Crippen molar-refractivity contribution in [2.24, 2.45) is 11.3 Å². The molecule has 1 aliphatic rings. The molecule has 1 fully saturated rings. The third-order valence-corrected chi connectivity index (χ3v) is 4.01. The number of hydrogen-bond donors (Lipinski definition) is 0. The zero-order chi connectivity index (χ0) is 10.4. The Bertz CT molecular complexity index is 147. The highest BCUT2D eigenvalue weighted by atomic mass is 14.5. The minimum Gasteiger partial charge on any atom is -0.0882 e. The van der Waals surface area contributed by atoms with E-state index in [9.17, 15) is 0 Å². The molecule has 0 amide bonds. The van der Waals surface area contributed by atoms with Gasteiger partial charge in [-0.2, -0.15) is 0 Å². The zero-order valence-electron chi connectivity index (χ0n) is 10.0. The van der Waals surface area contributed by atoms with Crippen molar-refractivity contribution in [3.05, 3.63) is 0 Å². The molecule has 1 aliphatic carbocycles. The Morgan fingerprint density at radius 2 is 1.86 bits per heavy atom. The van der Waals surface area contributed by atoms with E-state index >= 15 is 0 Å². The van der Waals surface area contributed by atoms with Gasteiger partial charge in [0.25, 0.3) is 0 Å². The van der Waals surface area contributed by atoms with Crippen molar-refractivity contribution in [1.29, 1.82) is 0 Å². The molecule has 14 heavy (non-hydrogen) atoms. The Kier molecular flexibility index (Phi) is 5.05. The second kappa shape index (κ2) is 5.83. The molecule has 0 aliphatic heterocycles. The van der Waals surface area contributed by atoms with Crippen molar-refractivity contribution < 1.29 is 0 Å². The minimum absolute atomic E-state index is 0.671. The lowest BCUT2D eigenvalue weighted by Crippen LogP contribution is -2.36. The highest BCUT2D eigenvalue weighted by Gasteiger charge is 2.41. The summed E-state index contributed by atoms with van der Waals surface area (Å²) >= 11 is 0. The van der Waals surface area contributed by atoms with Gasteiger partial charge in [0.15, 0.2) is 0 Å². The van der Waals surface area contributed by atoms with Crippen LogP contribution in [-0.2, 0) is 0 Å². The third kappa shape index (κ3) is 3.03. The molecule has 0 aromatic rings. The van der Waals surface area contributed by atoms with Gasteiger partial charge in [0.2, 0.25) is 0 Å². The van der Waals surface area contributed by atoms with Gasteiger partial charge in [0.1, 0.15) is 0 Å². The minimum atomic E-state index is 0.671. The van der Waals surface area contributed by atoms with Crippen molar-refractivity contribution in [3.63, 3.8) is 0 Å². The number of unbranched alkanes of at least 4 members (excludes halogenated alkanes) is 2. The lowest BCUT2D eigenvalue weighted by Gasteiger charge is -2.48. The van der Waals surface area contributed by atoms with E-state index in [2.05, 4.69) is 13.8 Å². The van der Waals surface area contributed by atoms with Gasteiger partial charge >= 0.3 is 0 Å². The fourth-order valence-electron chi connectivity index (χ4n) is 3.04. The van der Waals surface area contributed by atoms with Crippen molar-refractivity contribution >= 4 is 7.85 Å². The number of hydrogen-bond acceptors (Lipinski definition) is 0. The topological polar surface area (TPSA) is 0 Å². The van der Waals surface area contributed by atoms with E-state index in [4.69, 9.17) is 7.85 Å². The summed E-state index contributed by atoms with van der Waals surface area (Å²) < 4.78 is 0. The van der Waals surface area contributed by atoms with Gasteiger partial charge in [0.05, 0.1) is 7.85 Å². The molecule has 1 saturated carbocycles. The molecule has 2 radical (unpaired) electrons. The highest BCUT2D eigenvalue weighted by molar-refractivity contribution is 6.08. The van der Waals surface area contributed by atoms with Crippen LogP contribution < -0.4 is 0 Å². The van der Waals surface area contributed by atoms with Crippen LogP contribution in [-0.4, -0.2) is 7.85 Å². The van der Waals surface area contributed by atoms with E-state index < -0.39 is 0 Å². The maximum absolute atomic E-state index is 5.72. The van der Waals surface area contributed by atoms with Crippen LogP contribution in [0.25, 0.3) is 0 Å². The molecule has 0 aromatic heterocycles.